The number of hydrogen-bond acceptors (Lipinski definition) is 2. The van der Waals surface area contributed by atoms with Gasteiger partial charge in [-0.15, -0.1) is 0 Å². The highest BCUT2D eigenvalue weighted by atomic mass is 19.1. The van der Waals surface area contributed by atoms with E-state index >= 15 is 0 Å². The summed E-state index contributed by atoms with van der Waals surface area (Å²) in [5, 5.41) is 2.80. The highest BCUT2D eigenvalue weighted by Gasteiger charge is 2.45. The largest absolute Gasteiger partial charge is 0.356 e. The fourth-order valence-electron chi connectivity index (χ4n) is 2.24. The molecule has 104 valence electrons. The Balaban J connectivity index is 1.86. The van der Waals surface area contributed by atoms with Crippen LogP contribution in [0.25, 0.3) is 0 Å². The minimum absolute atomic E-state index is 0.0781. The zero-order valence-electron chi connectivity index (χ0n) is 10.7. The zero-order chi connectivity index (χ0) is 13.8. The molecule has 2 unspecified atom stereocenters. The summed E-state index contributed by atoms with van der Waals surface area (Å²) in [5.41, 5.74) is 5.66. The number of carbonyl (C=O) groups excluding carboxylic acids is 1. The van der Waals surface area contributed by atoms with Crippen LogP contribution in [-0.4, -0.2) is 19.0 Å². The van der Waals surface area contributed by atoms with Crippen LogP contribution >= 0.6 is 0 Å². The van der Waals surface area contributed by atoms with E-state index in [2.05, 4.69) is 5.32 Å². The third kappa shape index (κ3) is 3.50. The number of rotatable bonds is 6. The van der Waals surface area contributed by atoms with Crippen molar-refractivity contribution in [2.45, 2.75) is 25.2 Å². The molecule has 1 fully saturated rings. The Bertz CT molecular complexity index is 465. The van der Waals surface area contributed by atoms with Gasteiger partial charge in [0.2, 0.25) is 5.91 Å². The number of nitrogens with two attached hydrogens (primary N) is 1. The smallest absolute Gasteiger partial charge is 0.223 e. The van der Waals surface area contributed by atoms with Crippen molar-refractivity contribution in [1.82, 2.24) is 5.32 Å². The van der Waals surface area contributed by atoms with Crippen LogP contribution in [0.4, 0.5) is 8.78 Å². The maximum Gasteiger partial charge on any atom is 0.223 e. The van der Waals surface area contributed by atoms with Gasteiger partial charge in [-0.25, -0.2) is 8.78 Å². The second kappa shape index (κ2) is 6.10. The van der Waals surface area contributed by atoms with Gasteiger partial charge in [0.25, 0.3) is 0 Å². The fraction of sp³-hybridized carbons (Fsp3) is 0.500. The lowest BCUT2D eigenvalue weighted by molar-refractivity contribution is -0.122. The minimum Gasteiger partial charge on any atom is -0.356 e. The van der Waals surface area contributed by atoms with Crippen molar-refractivity contribution >= 4 is 5.91 Å². The van der Waals surface area contributed by atoms with Gasteiger partial charge >= 0.3 is 0 Å². The summed E-state index contributed by atoms with van der Waals surface area (Å²) in [6.45, 7) is 1.20. The quantitative estimate of drug-likeness (QED) is 0.774. The fourth-order valence-corrected chi connectivity index (χ4v) is 2.24. The molecule has 0 bridgehead atoms. The first kappa shape index (κ1) is 13.9. The van der Waals surface area contributed by atoms with E-state index in [9.17, 15) is 13.6 Å². The Morgan fingerprint density at radius 3 is 2.89 bits per heavy atom. The number of halogens is 2. The van der Waals surface area contributed by atoms with Gasteiger partial charge in [-0.05, 0) is 55.5 Å². The van der Waals surface area contributed by atoms with E-state index in [-0.39, 0.29) is 17.7 Å². The van der Waals surface area contributed by atoms with Crippen LogP contribution < -0.4 is 11.1 Å². The van der Waals surface area contributed by atoms with Crippen LogP contribution in [-0.2, 0) is 4.79 Å². The van der Waals surface area contributed by atoms with Crippen molar-refractivity contribution in [3.05, 3.63) is 35.4 Å². The average Bonchev–Trinajstić information content (AvgIpc) is 3.17. The summed E-state index contributed by atoms with van der Waals surface area (Å²) in [5.74, 6) is -1.40. The second-order valence-electron chi connectivity index (χ2n) is 4.90. The maximum absolute atomic E-state index is 13.5. The number of unbranched alkanes of at least 4 members (excludes halogenated alkanes) is 1. The molecule has 0 spiro atoms. The van der Waals surface area contributed by atoms with Gasteiger partial charge < -0.3 is 11.1 Å². The predicted octanol–water partition coefficient (Wildman–Crippen LogP) is 1.92. The molecule has 1 aliphatic rings. The molecule has 2 atom stereocenters. The Labute approximate surface area is 111 Å². The van der Waals surface area contributed by atoms with Gasteiger partial charge in [0, 0.05) is 12.5 Å². The van der Waals surface area contributed by atoms with Crippen LogP contribution in [0.2, 0.25) is 0 Å². The molecule has 5 heteroatoms. The normalized spacial score (nSPS) is 21.2. The van der Waals surface area contributed by atoms with Crippen molar-refractivity contribution in [3.63, 3.8) is 0 Å². The molecule has 0 aromatic heterocycles. The van der Waals surface area contributed by atoms with E-state index in [1.807, 2.05) is 0 Å². The SMILES string of the molecule is NCCCCNC(=O)C1CC1c1cc(F)ccc1F. The third-order valence-corrected chi connectivity index (χ3v) is 3.41. The number of amides is 1. The van der Waals surface area contributed by atoms with Crippen LogP contribution in [0.15, 0.2) is 18.2 Å². The van der Waals surface area contributed by atoms with Crippen molar-refractivity contribution in [1.29, 1.82) is 0 Å². The molecular formula is C14H18F2N2O. The van der Waals surface area contributed by atoms with E-state index < -0.39 is 11.6 Å². The van der Waals surface area contributed by atoms with E-state index in [1.54, 1.807) is 0 Å². The van der Waals surface area contributed by atoms with Crippen LogP contribution in [0.3, 0.4) is 0 Å². The summed E-state index contributed by atoms with van der Waals surface area (Å²) in [7, 11) is 0. The molecule has 1 amide bonds. The van der Waals surface area contributed by atoms with Gasteiger partial charge in [-0.3, -0.25) is 4.79 Å². The van der Waals surface area contributed by atoms with E-state index in [0.29, 0.717) is 25.1 Å². The van der Waals surface area contributed by atoms with Crippen molar-refractivity contribution in [3.8, 4) is 0 Å². The summed E-state index contributed by atoms with van der Waals surface area (Å²) in [6.07, 6.45) is 2.30. The highest BCUT2D eigenvalue weighted by Crippen LogP contribution is 2.48. The molecule has 0 radical (unpaired) electrons. The van der Waals surface area contributed by atoms with Crippen molar-refractivity contribution in [2.24, 2.45) is 11.7 Å². The molecule has 1 aromatic carbocycles. The first-order chi connectivity index (χ1) is 9.13. The molecule has 1 aromatic rings. The Kier molecular flexibility index (Phi) is 4.47. The monoisotopic (exact) mass is 268 g/mol. The molecule has 1 saturated carbocycles. The zero-order valence-corrected chi connectivity index (χ0v) is 10.7. The number of benzene rings is 1. The molecule has 0 aliphatic heterocycles. The minimum atomic E-state index is -0.467. The van der Waals surface area contributed by atoms with E-state index in [0.717, 1.165) is 25.0 Å². The Morgan fingerprint density at radius 1 is 1.37 bits per heavy atom. The summed E-state index contributed by atoms with van der Waals surface area (Å²) in [4.78, 5) is 11.8. The van der Waals surface area contributed by atoms with Crippen molar-refractivity contribution in [2.75, 3.05) is 13.1 Å². The molecule has 3 N–H and O–H groups in total. The second-order valence-corrected chi connectivity index (χ2v) is 4.90. The van der Waals surface area contributed by atoms with Gasteiger partial charge in [0.05, 0.1) is 0 Å². The lowest BCUT2D eigenvalue weighted by Crippen LogP contribution is -2.26. The predicted molar refractivity (Wildman–Crippen MR) is 68.5 cm³/mol. The summed E-state index contributed by atoms with van der Waals surface area (Å²) in [6, 6.07) is 3.38. The maximum atomic E-state index is 13.5. The molecule has 0 heterocycles. The molecule has 0 saturated heterocycles. The average molecular weight is 268 g/mol. The number of hydrogen-bond donors (Lipinski definition) is 2. The topological polar surface area (TPSA) is 55.1 Å². The Morgan fingerprint density at radius 2 is 2.16 bits per heavy atom. The molecule has 3 nitrogen and oxygen atoms in total. The lowest BCUT2D eigenvalue weighted by atomic mass is 10.1. The van der Waals surface area contributed by atoms with Gasteiger partial charge in [-0.2, -0.15) is 0 Å². The molecule has 2 rings (SSSR count). The van der Waals surface area contributed by atoms with Crippen LogP contribution in [0.5, 0.6) is 0 Å². The first-order valence-corrected chi connectivity index (χ1v) is 6.56. The van der Waals surface area contributed by atoms with Gasteiger partial charge in [0.15, 0.2) is 0 Å². The first-order valence-electron chi connectivity index (χ1n) is 6.56. The standard InChI is InChI=1S/C14H18F2N2O/c15-9-3-4-13(16)11(7-9)10-8-12(10)14(19)18-6-2-1-5-17/h3-4,7,10,12H,1-2,5-6,8,17H2,(H,18,19). The molecular weight excluding hydrogens is 250 g/mol. The highest BCUT2D eigenvalue weighted by molar-refractivity contribution is 5.82. The number of carbonyl (C=O) groups is 1. The molecule has 1 aliphatic carbocycles. The lowest BCUT2D eigenvalue weighted by Gasteiger charge is -2.05. The summed E-state index contributed by atoms with van der Waals surface area (Å²) >= 11 is 0. The van der Waals surface area contributed by atoms with E-state index in [4.69, 9.17) is 5.73 Å². The molecule has 19 heavy (non-hydrogen) atoms. The summed E-state index contributed by atoms with van der Waals surface area (Å²) < 4.78 is 26.6. The third-order valence-electron chi connectivity index (χ3n) is 3.41. The van der Waals surface area contributed by atoms with Crippen molar-refractivity contribution < 1.29 is 13.6 Å². The van der Waals surface area contributed by atoms with Crippen LogP contribution in [0.1, 0.15) is 30.7 Å². The van der Waals surface area contributed by atoms with E-state index in [1.165, 1.54) is 6.07 Å². The van der Waals surface area contributed by atoms with Gasteiger partial charge in [-0.1, -0.05) is 0 Å². The van der Waals surface area contributed by atoms with Gasteiger partial charge in [0.1, 0.15) is 11.6 Å². The van der Waals surface area contributed by atoms with Crippen LogP contribution in [0, 0.1) is 17.6 Å². The Hall–Kier alpha value is -1.49. The number of nitrogens with one attached hydrogen (secondary N) is 1.